The van der Waals surface area contributed by atoms with Gasteiger partial charge in [-0.15, -0.1) is 0 Å². The molecule has 1 amide bonds. The van der Waals surface area contributed by atoms with Crippen LogP contribution in [0.1, 0.15) is 35.2 Å². The Labute approximate surface area is 155 Å². The summed E-state index contributed by atoms with van der Waals surface area (Å²) in [5.41, 5.74) is 5.61. The van der Waals surface area contributed by atoms with Gasteiger partial charge in [0.2, 0.25) is 0 Å². The first-order valence-electron chi connectivity index (χ1n) is 8.49. The standard InChI is InChI=1S/C20H19ClN2O3/c1-26-23-19(24)16-11-22-18-10-17(21)14(9-15(16)18)12-3-5-13(6-4-12)20(25)7-2-8-20/h3-6,9-11,22,25H,2,7-8H2,1H3,(H,23,24). The molecule has 3 N–H and O–H groups in total. The highest BCUT2D eigenvalue weighted by Gasteiger charge is 2.35. The molecule has 1 fully saturated rings. The fourth-order valence-electron chi connectivity index (χ4n) is 3.46. The molecule has 1 aliphatic rings. The summed E-state index contributed by atoms with van der Waals surface area (Å²) < 4.78 is 0. The lowest BCUT2D eigenvalue weighted by molar-refractivity contribution is -0.0387. The third-order valence-electron chi connectivity index (χ3n) is 5.12. The Morgan fingerprint density at radius 3 is 2.62 bits per heavy atom. The van der Waals surface area contributed by atoms with E-state index in [9.17, 15) is 9.90 Å². The third-order valence-corrected chi connectivity index (χ3v) is 5.44. The molecule has 1 aromatic heterocycles. The van der Waals surface area contributed by atoms with Gasteiger partial charge in [0.1, 0.15) is 0 Å². The zero-order valence-electron chi connectivity index (χ0n) is 14.3. The van der Waals surface area contributed by atoms with E-state index in [1.165, 1.54) is 7.11 Å². The SMILES string of the molecule is CONC(=O)c1c[nH]c2cc(Cl)c(-c3ccc(C4(O)CCC4)cc3)cc12. The summed E-state index contributed by atoms with van der Waals surface area (Å²) in [5, 5.41) is 11.8. The number of hydroxylamine groups is 1. The van der Waals surface area contributed by atoms with Crippen molar-refractivity contribution in [2.75, 3.05) is 7.11 Å². The molecule has 2 aromatic carbocycles. The Kier molecular flexibility index (Phi) is 4.23. The minimum Gasteiger partial charge on any atom is -0.385 e. The van der Waals surface area contributed by atoms with Crippen molar-refractivity contribution in [3.63, 3.8) is 0 Å². The molecule has 0 unspecified atom stereocenters. The number of carbonyl (C=O) groups excluding carboxylic acids is 1. The monoisotopic (exact) mass is 370 g/mol. The quantitative estimate of drug-likeness (QED) is 0.604. The van der Waals surface area contributed by atoms with Gasteiger partial charge in [0.15, 0.2) is 0 Å². The zero-order chi connectivity index (χ0) is 18.3. The van der Waals surface area contributed by atoms with E-state index in [2.05, 4.69) is 10.5 Å². The van der Waals surface area contributed by atoms with Gasteiger partial charge in [0, 0.05) is 22.7 Å². The van der Waals surface area contributed by atoms with Gasteiger partial charge < -0.3 is 10.1 Å². The first kappa shape index (κ1) is 17.1. The summed E-state index contributed by atoms with van der Waals surface area (Å²) in [6.07, 6.45) is 4.30. The second kappa shape index (κ2) is 6.43. The molecule has 0 radical (unpaired) electrons. The van der Waals surface area contributed by atoms with Gasteiger partial charge in [0.05, 0.1) is 23.3 Å². The maximum atomic E-state index is 12.1. The molecule has 1 aliphatic carbocycles. The molecule has 4 rings (SSSR count). The summed E-state index contributed by atoms with van der Waals surface area (Å²) in [5.74, 6) is -0.324. The molecule has 1 saturated carbocycles. The lowest BCUT2D eigenvalue weighted by atomic mass is 9.75. The molecule has 6 heteroatoms. The predicted octanol–water partition coefficient (Wildman–Crippen LogP) is 4.15. The predicted molar refractivity (Wildman–Crippen MR) is 101 cm³/mol. The van der Waals surface area contributed by atoms with E-state index in [-0.39, 0.29) is 5.91 Å². The van der Waals surface area contributed by atoms with Gasteiger partial charge in [0.25, 0.3) is 5.91 Å². The van der Waals surface area contributed by atoms with Gasteiger partial charge in [-0.3, -0.25) is 9.63 Å². The van der Waals surface area contributed by atoms with Crippen LogP contribution in [0, 0.1) is 0 Å². The van der Waals surface area contributed by atoms with Gasteiger partial charge in [-0.2, -0.15) is 0 Å². The molecule has 3 aromatic rings. The lowest BCUT2D eigenvalue weighted by Gasteiger charge is -2.37. The molecule has 26 heavy (non-hydrogen) atoms. The number of rotatable bonds is 4. The third kappa shape index (κ3) is 2.78. The van der Waals surface area contributed by atoms with Gasteiger partial charge in [-0.1, -0.05) is 35.9 Å². The van der Waals surface area contributed by atoms with Crippen LogP contribution in [0.4, 0.5) is 0 Å². The Balaban J connectivity index is 1.74. The minimum atomic E-state index is -0.682. The number of nitrogens with one attached hydrogen (secondary N) is 2. The van der Waals surface area contributed by atoms with Crippen molar-refractivity contribution >= 4 is 28.4 Å². The minimum absolute atomic E-state index is 0.324. The van der Waals surface area contributed by atoms with Crippen molar-refractivity contribution in [1.29, 1.82) is 0 Å². The first-order valence-corrected chi connectivity index (χ1v) is 8.87. The van der Waals surface area contributed by atoms with E-state index in [0.29, 0.717) is 10.6 Å². The number of amides is 1. The number of H-pyrrole nitrogens is 1. The zero-order valence-corrected chi connectivity index (χ0v) is 15.1. The van der Waals surface area contributed by atoms with Crippen LogP contribution < -0.4 is 5.48 Å². The van der Waals surface area contributed by atoms with Gasteiger partial charge in [-0.25, -0.2) is 5.48 Å². The molecule has 0 bridgehead atoms. The number of halogens is 1. The highest BCUT2D eigenvalue weighted by molar-refractivity contribution is 6.34. The van der Waals surface area contributed by atoms with Crippen LogP contribution in [0.25, 0.3) is 22.0 Å². The Morgan fingerprint density at radius 1 is 1.27 bits per heavy atom. The van der Waals surface area contributed by atoms with Crippen LogP contribution in [-0.2, 0) is 10.4 Å². The molecule has 0 spiro atoms. The Hall–Kier alpha value is -2.34. The fraction of sp³-hybridized carbons (Fsp3) is 0.250. The maximum Gasteiger partial charge on any atom is 0.276 e. The van der Waals surface area contributed by atoms with Crippen LogP contribution in [0.3, 0.4) is 0 Å². The molecule has 0 atom stereocenters. The smallest absolute Gasteiger partial charge is 0.276 e. The molecular weight excluding hydrogens is 352 g/mol. The van der Waals surface area contributed by atoms with E-state index in [1.807, 2.05) is 36.4 Å². The molecule has 0 saturated heterocycles. The van der Waals surface area contributed by atoms with Crippen LogP contribution >= 0.6 is 11.6 Å². The fourth-order valence-corrected chi connectivity index (χ4v) is 3.73. The molecular formula is C20H19ClN2O3. The number of hydrogen-bond acceptors (Lipinski definition) is 3. The van der Waals surface area contributed by atoms with E-state index < -0.39 is 5.60 Å². The number of benzene rings is 2. The van der Waals surface area contributed by atoms with E-state index in [4.69, 9.17) is 16.4 Å². The number of aliphatic hydroxyl groups is 1. The number of fused-ring (bicyclic) bond motifs is 1. The molecule has 134 valence electrons. The summed E-state index contributed by atoms with van der Waals surface area (Å²) in [7, 11) is 1.40. The number of aromatic nitrogens is 1. The summed E-state index contributed by atoms with van der Waals surface area (Å²) in [6.45, 7) is 0. The largest absolute Gasteiger partial charge is 0.385 e. The van der Waals surface area contributed by atoms with Crippen LogP contribution in [0.5, 0.6) is 0 Å². The normalized spacial score (nSPS) is 15.7. The summed E-state index contributed by atoms with van der Waals surface area (Å²) >= 11 is 6.46. The topological polar surface area (TPSA) is 74.3 Å². The van der Waals surface area contributed by atoms with Crippen LogP contribution in [-0.4, -0.2) is 23.1 Å². The highest BCUT2D eigenvalue weighted by Crippen LogP contribution is 2.42. The van der Waals surface area contributed by atoms with Crippen molar-refractivity contribution in [1.82, 2.24) is 10.5 Å². The maximum absolute atomic E-state index is 12.1. The van der Waals surface area contributed by atoms with E-state index >= 15 is 0 Å². The van der Waals surface area contributed by atoms with Gasteiger partial charge in [-0.05, 0) is 42.5 Å². The van der Waals surface area contributed by atoms with Crippen LogP contribution in [0.2, 0.25) is 5.02 Å². The van der Waals surface area contributed by atoms with Crippen molar-refractivity contribution in [2.45, 2.75) is 24.9 Å². The van der Waals surface area contributed by atoms with Crippen molar-refractivity contribution in [3.05, 3.63) is 58.7 Å². The average molecular weight is 371 g/mol. The Morgan fingerprint density at radius 2 is 2.00 bits per heavy atom. The Bertz CT molecular complexity index is 975. The second-order valence-corrected chi connectivity index (χ2v) is 7.08. The van der Waals surface area contributed by atoms with Crippen molar-refractivity contribution in [2.24, 2.45) is 0 Å². The molecule has 0 aliphatic heterocycles. The second-order valence-electron chi connectivity index (χ2n) is 6.68. The number of aromatic amines is 1. The van der Waals surface area contributed by atoms with Crippen molar-refractivity contribution in [3.8, 4) is 11.1 Å². The van der Waals surface area contributed by atoms with Crippen molar-refractivity contribution < 1.29 is 14.7 Å². The number of hydrogen-bond donors (Lipinski definition) is 3. The van der Waals surface area contributed by atoms with E-state index in [1.54, 1.807) is 6.20 Å². The lowest BCUT2D eigenvalue weighted by Crippen LogP contribution is -2.33. The molecule has 5 nitrogen and oxygen atoms in total. The van der Waals surface area contributed by atoms with E-state index in [0.717, 1.165) is 46.9 Å². The summed E-state index contributed by atoms with van der Waals surface area (Å²) in [6, 6.07) is 11.5. The van der Waals surface area contributed by atoms with Crippen LogP contribution in [0.15, 0.2) is 42.6 Å². The average Bonchev–Trinajstić information content (AvgIpc) is 3.02. The highest BCUT2D eigenvalue weighted by atomic mass is 35.5. The number of carbonyl (C=O) groups is 1. The molecule has 1 heterocycles. The first-order chi connectivity index (χ1) is 12.5. The summed E-state index contributed by atoms with van der Waals surface area (Å²) in [4.78, 5) is 19.9. The van der Waals surface area contributed by atoms with Gasteiger partial charge >= 0.3 is 0 Å².